The third-order valence-electron chi connectivity index (χ3n) is 3.63. The lowest BCUT2D eigenvalue weighted by Crippen LogP contribution is -2.38. The van der Waals surface area contributed by atoms with Crippen LogP contribution >= 0.6 is 11.8 Å². The topological polar surface area (TPSA) is 66.4 Å². The summed E-state index contributed by atoms with van der Waals surface area (Å²) in [5.41, 5.74) is -0.188. The Morgan fingerprint density at radius 2 is 1.95 bits per heavy atom. The lowest BCUT2D eigenvalue weighted by molar-refractivity contribution is -0.149. The van der Waals surface area contributed by atoms with Crippen molar-refractivity contribution < 1.29 is 14.7 Å². The van der Waals surface area contributed by atoms with Gasteiger partial charge in [-0.25, -0.2) is 0 Å². The Kier molecular flexibility index (Phi) is 4.38. The monoisotopic (exact) mass is 293 g/mol. The van der Waals surface area contributed by atoms with E-state index in [9.17, 15) is 9.59 Å². The molecule has 1 unspecified atom stereocenters. The van der Waals surface area contributed by atoms with Crippen molar-refractivity contribution in [3.63, 3.8) is 0 Å². The van der Waals surface area contributed by atoms with Crippen molar-refractivity contribution in [1.82, 2.24) is 5.32 Å². The summed E-state index contributed by atoms with van der Waals surface area (Å²) in [4.78, 5) is 24.3. The third kappa shape index (κ3) is 2.98. The van der Waals surface area contributed by atoms with Crippen LogP contribution < -0.4 is 5.32 Å². The Balaban J connectivity index is 1.99. The van der Waals surface area contributed by atoms with E-state index < -0.39 is 11.4 Å². The van der Waals surface area contributed by atoms with Crippen molar-refractivity contribution in [1.29, 1.82) is 0 Å². The first-order chi connectivity index (χ1) is 9.49. The Hall–Kier alpha value is -1.49. The maximum Gasteiger partial charge on any atom is 0.319 e. The molecule has 1 aliphatic rings. The van der Waals surface area contributed by atoms with Crippen LogP contribution in [0.3, 0.4) is 0 Å². The summed E-state index contributed by atoms with van der Waals surface area (Å²) in [7, 11) is 0. The SMILES string of the molecule is CCSc1ccc(C(C)NC(=O)C2(C(=O)O)CC2)cc1. The number of hydrogen-bond donors (Lipinski definition) is 2. The van der Waals surface area contributed by atoms with Crippen LogP contribution in [0, 0.1) is 5.41 Å². The first-order valence-corrected chi connectivity index (χ1v) is 7.75. The van der Waals surface area contributed by atoms with Gasteiger partial charge < -0.3 is 10.4 Å². The zero-order valence-corrected chi connectivity index (χ0v) is 12.5. The summed E-state index contributed by atoms with van der Waals surface area (Å²) in [5.74, 6) is -0.367. The van der Waals surface area contributed by atoms with Gasteiger partial charge in [0, 0.05) is 4.90 Å². The van der Waals surface area contributed by atoms with Crippen molar-refractivity contribution in [3.05, 3.63) is 29.8 Å². The van der Waals surface area contributed by atoms with Crippen LogP contribution in [0.25, 0.3) is 0 Å². The van der Waals surface area contributed by atoms with E-state index >= 15 is 0 Å². The average Bonchev–Trinajstić information content (AvgIpc) is 3.21. The van der Waals surface area contributed by atoms with Gasteiger partial charge >= 0.3 is 5.97 Å². The third-order valence-corrected chi connectivity index (χ3v) is 4.53. The number of benzene rings is 1. The summed E-state index contributed by atoms with van der Waals surface area (Å²) in [6.45, 7) is 3.97. The highest BCUT2D eigenvalue weighted by molar-refractivity contribution is 7.99. The molecular weight excluding hydrogens is 274 g/mol. The van der Waals surface area contributed by atoms with Crippen LogP contribution in [0.15, 0.2) is 29.2 Å². The van der Waals surface area contributed by atoms with E-state index in [0.29, 0.717) is 12.8 Å². The minimum absolute atomic E-state index is 0.181. The van der Waals surface area contributed by atoms with Gasteiger partial charge in [0.25, 0.3) is 0 Å². The van der Waals surface area contributed by atoms with Crippen LogP contribution in [-0.4, -0.2) is 22.7 Å². The number of carboxylic acids is 1. The fourth-order valence-corrected chi connectivity index (χ4v) is 2.76. The Morgan fingerprint density at radius 1 is 1.35 bits per heavy atom. The molecule has 0 spiro atoms. The maximum atomic E-state index is 12.0. The zero-order chi connectivity index (χ0) is 14.8. The van der Waals surface area contributed by atoms with Crippen molar-refractivity contribution >= 4 is 23.6 Å². The van der Waals surface area contributed by atoms with Gasteiger partial charge in [-0.2, -0.15) is 0 Å². The van der Waals surface area contributed by atoms with Gasteiger partial charge in [0.05, 0.1) is 6.04 Å². The predicted molar refractivity (Wildman–Crippen MR) is 78.7 cm³/mol. The molecular formula is C15H19NO3S. The molecule has 0 radical (unpaired) electrons. The molecule has 1 aromatic rings. The van der Waals surface area contributed by atoms with Crippen LogP contribution in [0.5, 0.6) is 0 Å². The summed E-state index contributed by atoms with van der Waals surface area (Å²) in [5, 5.41) is 11.9. The van der Waals surface area contributed by atoms with Gasteiger partial charge in [-0.1, -0.05) is 19.1 Å². The summed E-state index contributed by atoms with van der Waals surface area (Å²) >= 11 is 1.76. The normalized spacial score (nSPS) is 17.3. The van der Waals surface area contributed by atoms with E-state index in [-0.39, 0.29) is 11.9 Å². The number of nitrogens with one attached hydrogen (secondary N) is 1. The zero-order valence-electron chi connectivity index (χ0n) is 11.7. The molecule has 0 aromatic heterocycles. The predicted octanol–water partition coefficient (Wildman–Crippen LogP) is 2.84. The molecule has 5 heteroatoms. The number of aliphatic carboxylic acids is 1. The van der Waals surface area contributed by atoms with Crippen LogP contribution in [0.2, 0.25) is 0 Å². The molecule has 2 rings (SSSR count). The Bertz CT molecular complexity index is 508. The van der Waals surface area contributed by atoms with E-state index in [1.807, 2.05) is 31.2 Å². The molecule has 20 heavy (non-hydrogen) atoms. The van der Waals surface area contributed by atoms with Gasteiger partial charge in [0.1, 0.15) is 5.41 Å². The molecule has 0 aliphatic heterocycles. The number of carbonyl (C=O) groups excluding carboxylic acids is 1. The number of hydrogen-bond acceptors (Lipinski definition) is 3. The number of amides is 1. The Labute approximate surface area is 123 Å². The fourth-order valence-electron chi connectivity index (χ4n) is 2.10. The van der Waals surface area contributed by atoms with Crippen molar-refractivity contribution in [2.24, 2.45) is 5.41 Å². The van der Waals surface area contributed by atoms with Crippen LogP contribution in [0.1, 0.15) is 38.3 Å². The summed E-state index contributed by atoms with van der Waals surface area (Å²) < 4.78 is 0. The van der Waals surface area contributed by atoms with Crippen molar-refractivity contribution in [2.45, 2.75) is 37.6 Å². The maximum absolute atomic E-state index is 12.0. The van der Waals surface area contributed by atoms with E-state index in [1.54, 1.807) is 11.8 Å². The molecule has 1 fully saturated rings. The van der Waals surface area contributed by atoms with Crippen LogP contribution in [-0.2, 0) is 9.59 Å². The molecule has 0 heterocycles. The standard InChI is InChI=1S/C15H19NO3S/c1-3-20-12-6-4-11(5-7-12)10(2)16-13(17)15(8-9-15)14(18)19/h4-7,10H,3,8-9H2,1-2H3,(H,16,17)(H,18,19). The highest BCUT2D eigenvalue weighted by Crippen LogP contribution is 2.46. The molecule has 1 aromatic carbocycles. The second kappa shape index (κ2) is 5.87. The quantitative estimate of drug-likeness (QED) is 0.625. The number of rotatable bonds is 6. The van der Waals surface area contributed by atoms with E-state index in [1.165, 1.54) is 4.90 Å². The molecule has 0 saturated heterocycles. The molecule has 0 bridgehead atoms. The van der Waals surface area contributed by atoms with E-state index in [4.69, 9.17) is 5.11 Å². The second-order valence-electron chi connectivity index (χ2n) is 5.08. The van der Waals surface area contributed by atoms with E-state index in [0.717, 1.165) is 11.3 Å². The van der Waals surface area contributed by atoms with Gasteiger partial charge in [-0.05, 0) is 43.2 Å². The fraction of sp³-hybridized carbons (Fsp3) is 0.467. The number of carboxylic acid groups (broad SMARTS) is 1. The van der Waals surface area contributed by atoms with Gasteiger partial charge in [-0.15, -0.1) is 11.8 Å². The lowest BCUT2D eigenvalue weighted by Gasteiger charge is -2.17. The highest BCUT2D eigenvalue weighted by atomic mass is 32.2. The molecule has 1 atom stereocenters. The molecule has 4 nitrogen and oxygen atoms in total. The molecule has 2 N–H and O–H groups in total. The summed E-state index contributed by atoms with van der Waals surface area (Å²) in [6, 6.07) is 7.82. The molecule has 1 aliphatic carbocycles. The molecule has 1 amide bonds. The molecule has 108 valence electrons. The van der Waals surface area contributed by atoms with Crippen molar-refractivity contribution in [2.75, 3.05) is 5.75 Å². The first kappa shape index (κ1) is 14.9. The lowest BCUT2D eigenvalue weighted by atomic mass is 10.0. The largest absolute Gasteiger partial charge is 0.480 e. The minimum atomic E-state index is -1.17. The van der Waals surface area contributed by atoms with E-state index in [2.05, 4.69) is 12.2 Å². The molecule has 1 saturated carbocycles. The van der Waals surface area contributed by atoms with Gasteiger partial charge in [0.15, 0.2) is 0 Å². The summed E-state index contributed by atoms with van der Waals surface area (Å²) in [6.07, 6.45) is 0.875. The highest BCUT2D eigenvalue weighted by Gasteiger charge is 2.57. The van der Waals surface area contributed by atoms with Crippen molar-refractivity contribution in [3.8, 4) is 0 Å². The average molecular weight is 293 g/mol. The van der Waals surface area contributed by atoms with Crippen LogP contribution in [0.4, 0.5) is 0 Å². The Morgan fingerprint density at radius 3 is 2.40 bits per heavy atom. The number of carbonyl (C=O) groups is 2. The second-order valence-corrected chi connectivity index (χ2v) is 6.42. The van der Waals surface area contributed by atoms with Gasteiger partial charge in [-0.3, -0.25) is 9.59 Å². The minimum Gasteiger partial charge on any atom is -0.480 e. The number of thioether (sulfide) groups is 1. The smallest absolute Gasteiger partial charge is 0.319 e. The van der Waals surface area contributed by atoms with Gasteiger partial charge in [0.2, 0.25) is 5.91 Å². The first-order valence-electron chi connectivity index (χ1n) is 6.76.